The fourth-order valence-corrected chi connectivity index (χ4v) is 4.19. The van der Waals surface area contributed by atoms with E-state index < -0.39 is 6.10 Å². The molecular formula is C19H39N5O2. The molecule has 2 saturated heterocycles. The number of aliphatic hydroxyl groups is 1. The number of piperazine rings is 1. The zero-order chi connectivity index (χ0) is 18.0. The van der Waals surface area contributed by atoms with Crippen molar-refractivity contribution in [3.63, 3.8) is 0 Å². The number of nitrogens with one attached hydrogen (secondary N) is 3. The van der Waals surface area contributed by atoms with Gasteiger partial charge < -0.3 is 15.2 Å². The first-order chi connectivity index (χ1) is 12.8. The lowest BCUT2D eigenvalue weighted by atomic mass is 9.98. The van der Waals surface area contributed by atoms with Gasteiger partial charge in [0.15, 0.2) is 0 Å². The highest BCUT2D eigenvalue weighted by Crippen LogP contribution is 2.20. The maximum absolute atomic E-state index is 10.1. The lowest BCUT2D eigenvalue weighted by Crippen LogP contribution is -2.62. The molecule has 7 nitrogen and oxygen atoms in total. The molecule has 0 aromatic rings. The first-order valence-corrected chi connectivity index (χ1v) is 10.7. The Bertz CT molecular complexity index is 367. The third kappa shape index (κ3) is 7.03. The van der Waals surface area contributed by atoms with Gasteiger partial charge in [-0.05, 0) is 32.4 Å². The van der Waals surface area contributed by atoms with Crippen LogP contribution in [0.15, 0.2) is 0 Å². The Kier molecular flexibility index (Phi) is 9.08. The molecule has 1 aliphatic carbocycles. The molecule has 152 valence electrons. The Morgan fingerprint density at radius 3 is 2.46 bits per heavy atom. The minimum atomic E-state index is -0.391. The summed E-state index contributed by atoms with van der Waals surface area (Å²) >= 11 is 0. The van der Waals surface area contributed by atoms with E-state index in [0.717, 1.165) is 65.2 Å². The lowest BCUT2D eigenvalue weighted by Gasteiger charge is -2.41. The van der Waals surface area contributed by atoms with Crippen molar-refractivity contribution >= 4 is 0 Å². The summed E-state index contributed by atoms with van der Waals surface area (Å²) < 4.78 is 5.84. The van der Waals surface area contributed by atoms with Crippen molar-refractivity contribution in [1.82, 2.24) is 25.8 Å². The zero-order valence-electron chi connectivity index (χ0n) is 16.3. The van der Waals surface area contributed by atoms with E-state index in [1.165, 1.54) is 25.7 Å². The largest absolute Gasteiger partial charge is 0.389 e. The van der Waals surface area contributed by atoms with Crippen LogP contribution in [0.1, 0.15) is 38.5 Å². The van der Waals surface area contributed by atoms with Crippen molar-refractivity contribution in [1.29, 1.82) is 0 Å². The SMILES string of the molecule is OC(CNCCN1CCN(C2NCCCN2)CC1)COC1CCCCC1. The van der Waals surface area contributed by atoms with Crippen LogP contribution in [0.2, 0.25) is 0 Å². The molecule has 0 radical (unpaired) electrons. The van der Waals surface area contributed by atoms with Crippen LogP contribution >= 0.6 is 0 Å². The number of rotatable bonds is 9. The topological polar surface area (TPSA) is 72.0 Å². The first-order valence-electron chi connectivity index (χ1n) is 10.7. The molecule has 3 fully saturated rings. The predicted octanol–water partition coefficient (Wildman–Crippen LogP) is -0.230. The Hall–Kier alpha value is -0.280. The van der Waals surface area contributed by atoms with Crippen molar-refractivity contribution < 1.29 is 9.84 Å². The van der Waals surface area contributed by atoms with E-state index in [1.54, 1.807) is 0 Å². The maximum Gasteiger partial charge on any atom is 0.114 e. The Morgan fingerprint density at radius 1 is 1.00 bits per heavy atom. The average molecular weight is 370 g/mol. The van der Waals surface area contributed by atoms with Crippen LogP contribution in [0.4, 0.5) is 0 Å². The summed E-state index contributed by atoms with van der Waals surface area (Å²) in [5.41, 5.74) is 0. The molecule has 1 saturated carbocycles. The molecule has 0 spiro atoms. The predicted molar refractivity (Wildman–Crippen MR) is 104 cm³/mol. The number of ether oxygens (including phenoxy) is 1. The summed E-state index contributed by atoms with van der Waals surface area (Å²) in [5, 5.41) is 20.6. The van der Waals surface area contributed by atoms with Gasteiger partial charge in [0.1, 0.15) is 6.29 Å². The van der Waals surface area contributed by atoms with Gasteiger partial charge >= 0.3 is 0 Å². The second-order valence-corrected chi connectivity index (χ2v) is 7.99. The molecule has 1 unspecified atom stereocenters. The first kappa shape index (κ1) is 20.5. The van der Waals surface area contributed by atoms with Gasteiger partial charge in [-0.2, -0.15) is 0 Å². The quantitative estimate of drug-likeness (QED) is 0.419. The van der Waals surface area contributed by atoms with E-state index in [9.17, 15) is 5.11 Å². The molecule has 26 heavy (non-hydrogen) atoms. The highest BCUT2D eigenvalue weighted by Gasteiger charge is 2.24. The van der Waals surface area contributed by atoms with Gasteiger partial charge in [0.2, 0.25) is 0 Å². The molecule has 7 heteroatoms. The van der Waals surface area contributed by atoms with Gasteiger partial charge in [-0.25, -0.2) is 0 Å². The lowest BCUT2D eigenvalue weighted by molar-refractivity contribution is -0.0231. The van der Waals surface area contributed by atoms with Gasteiger partial charge in [0.25, 0.3) is 0 Å². The monoisotopic (exact) mass is 369 g/mol. The third-order valence-electron chi connectivity index (χ3n) is 5.86. The van der Waals surface area contributed by atoms with Gasteiger partial charge in [-0.15, -0.1) is 0 Å². The van der Waals surface area contributed by atoms with Crippen LogP contribution in [-0.2, 0) is 4.74 Å². The van der Waals surface area contributed by atoms with Crippen LogP contribution in [0, 0.1) is 0 Å². The van der Waals surface area contributed by atoms with E-state index in [4.69, 9.17) is 4.74 Å². The van der Waals surface area contributed by atoms with Gasteiger partial charge in [0.05, 0.1) is 18.8 Å². The van der Waals surface area contributed by atoms with Crippen molar-refractivity contribution in [3.8, 4) is 0 Å². The Morgan fingerprint density at radius 2 is 1.73 bits per heavy atom. The zero-order valence-corrected chi connectivity index (χ0v) is 16.3. The summed E-state index contributed by atoms with van der Waals surface area (Å²) in [6, 6.07) is 0. The van der Waals surface area contributed by atoms with Crippen molar-refractivity contribution in [2.75, 3.05) is 65.5 Å². The van der Waals surface area contributed by atoms with Crippen LogP contribution in [0.25, 0.3) is 0 Å². The smallest absolute Gasteiger partial charge is 0.114 e. The van der Waals surface area contributed by atoms with E-state index in [0.29, 0.717) is 25.5 Å². The molecule has 0 aromatic heterocycles. The second kappa shape index (κ2) is 11.5. The Balaban J connectivity index is 1.18. The molecule has 2 aliphatic heterocycles. The molecule has 0 aromatic carbocycles. The fourth-order valence-electron chi connectivity index (χ4n) is 4.19. The number of hydrogen-bond donors (Lipinski definition) is 4. The standard InChI is InChI=1S/C19H39N5O2/c25-17(16-26-18-5-2-1-3-6-18)15-20-9-10-23-11-13-24(14-12-23)19-21-7-4-8-22-19/h17-22,25H,1-16H2. The summed E-state index contributed by atoms with van der Waals surface area (Å²) in [7, 11) is 0. The number of hydrogen-bond acceptors (Lipinski definition) is 7. The second-order valence-electron chi connectivity index (χ2n) is 7.99. The molecule has 0 bridgehead atoms. The Labute approximate surface area is 158 Å². The fraction of sp³-hybridized carbons (Fsp3) is 1.00. The summed E-state index contributed by atoms with van der Waals surface area (Å²) in [5.74, 6) is 0. The van der Waals surface area contributed by atoms with Crippen LogP contribution < -0.4 is 16.0 Å². The molecule has 1 atom stereocenters. The normalized spacial score (nSPS) is 26.2. The minimum absolute atomic E-state index is 0.364. The van der Waals surface area contributed by atoms with E-state index in [1.807, 2.05) is 0 Å². The summed E-state index contributed by atoms with van der Waals surface area (Å²) in [4.78, 5) is 5.02. The van der Waals surface area contributed by atoms with Gasteiger partial charge in [0, 0.05) is 45.8 Å². The minimum Gasteiger partial charge on any atom is -0.389 e. The average Bonchev–Trinajstić information content (AvgIpc) is 2.71. The molecule has 0 amide bonds. The number of aliphatic hydroxyl groups excluding tert-OH is 1. The van der Waals surface area contributed by atoms with Crippen molar-refractivity contribution in [2.45, 2.75) is 57.0 Å². The van der Waals surface area contributed by atoms with Crippen LogP contribution in [-0.4, -0.2) is 98.9 Å². The highest BCUT2D eigenvalue weighted by atomic mass is 16.5. The molecule has 3 rings (SSSR count). The summed E-state index contributed by atoms with van der Waals surface area (Å²) in [6.07, 6.45) is 7.79. The van der Waals surface area contributed by atoms with Gasteiger partial charge in [-0.1, -0.05) is 19.3 Å². The highest BCUT2D eigenvalue weighted by molar-refractivity contribution is 4.79. The van der Waals surface area contributed by atoms with Gasteiger partial charge in [-0.3, -0.25) is 20.4 Å². The van der Waals surface area contributed by atoms with Crippen molar-refractivity contribution in [2.24, 2.45) is 0 Å². The van der Waals surface area contributed by atoms with Crippen molar-refractivity contribution in [3.05, 3.63) is 0 Å². The van der Waals surface area contributed by atoms with E-state index in [2.05, 4.69) is 25.8 Å². The maximum atomic E-state index is 10.1. The molecule has 4 N–H and O–H groups in total. The third-order valence-corrected chi connectivity index (χ3v) is 5.86. The molecule has 2 heterocycles. The number of nitrogens with zero attached hydrogens (tertiary/aromatic N) is 2. The summed E-state index contributed by atoms with van der Waals surface area (Å²) in [6.45, 7) is 9.79. The van der Waals surface area contributed by atoms with Crippen LogP contribution in [0.3, 0.4) is 0 Å². The molecular weight excluding hydrogens is 330 g/mol. The van der Waals surface area contributed by atoms with E-state index >= 15 is 0 Å². The van der Waals surface area contributed by atoms with E-state index in [-0.39, 0.29) is 0 Å². The van der Waals surface area contributed by atoms with Crippen LogP contribution in [0.5, 0.6) is 0 Å². The molecule has 3 aliphatic rings.